The summed E-state index contributed by atoms with van der Waals surface area (Å²) in [4.78, 5) is 11.2. The van der Waals surface area contributed by atoms with Gasteiger partial charge in [-0.3, -0.25) is 0 Å². The zero-order chi connectivity index (χ0) is 20.7. The Kier molecular flexibility index (Phi) is 15.1. The molecule has 0 aliphatic carbocycles. The fourth-order valence-corrected chi connectivity index (χ4v) is 2.08. The van der Waals surface area contributed by atoms with Crippen molar-refractivity contribution < 1.29 is 20.1 Å². The summed E-state index contributed by atoms with van der Waals surface area (Å²) in [5, 5.41) is 28.2. The van der Waals surface area contributed by atoms with Crippen LogP contribution in [0.5, 0.6) is 11.5 Å². The molecule has 5 heteroatoms. The standard InChI is InChI=1S/C14H15ClO4.C5H10.C2H6/c1-3-4-5-8(2)6-9-12(14(18)19)10(16)7-11(17)13(9)15;1-3-5-4-2;1-2/h4-5,7,16-17H,2-3,6H2,1H3,(H,18,19);3H,1,4-5H2,2H3;1-2H3/b5-4+;;. The van der Waals surface area contributed by atoms with Gasteiger partial charge in [0.2, 0.25) is 0 Å². The number of carboxylic acids is 1. The van der Waals surface area contributed by atoms with Crippen LogP contribution in [0.1, 0.15) is 62.9 Å². The largest absolute Gasteiger partial charge is 0.507 e. The Bertz CT molecular complexity index is 619. The SMILES string of the molecule is C=C(/C=C/CC)Cc1c(Cl)c(O)cc(O)c1C(=O)O.C=CCCC.CC. The molecule has 0 unspecified atom stereocenters. The van der Waals surface area contributed by atoms with Crippen LogP contribution in [0.25, 0.3) is 0 Å². The minimum Gasteiger partial charge on any atom is -0.507 e. The van der Waals surface area contributed by atoms with Crippen molar-refractivity contribution in [1.29, 1.82) is 0 Å². The van der Waals surface area contributed by atoms with Crippen LogP contribution in [0.3, 0.4) is 0 Å². The van der Waals surface area contributed by atoms with E-state index in [9.17, 15) is 15.0 Å². The summed E-state index contributed by atoms with van der Waals surface area (Å²) in [7, 11) is 0. The summed E-state index contributed by atoms with van der Waals surface area (Å²) >= 11 is 5.90. The van der Waals surface area contributed by atoms with Crippen molar-refractivity contribution in [3.8, 4) is 11.5 Å². The summed E-state index contributed by atoms with van der Waals surface area (Å²) in [5.74, 6) is -2.18. The first-order chi connectivity index (χ1) is 12.3. The number of aromatic hydroxyl groups is 2. The van der Waals surface area contributed by atoms with Crippen LogP contribution in [-0.2, 0) is 6.42 Å². The molecular formula is C21H31ClO4. The van der Waals surface area contributed by atoms with Gasteiger partial charge in [-0.25, -0.2) is 4.79 Å². The fourth-order valence-electron chi connectivity index (χ4n) is 1.86. The van der Waals surface area contributed by atoms with Crippen molar-refractivity contribution in [2.45, 2.75) is 53.4 Å². The highest BCUT2D eigenvalue weighted by atomic mass is 35.5. The molecule has 3 N–H and O–H groups in total. The summed E-state index contributed by atoms with van der Waals surface area (Å²) < 4.78 is 0. The van der Waals surface area contributed by atoms with Gasteiger partial charge in [-0.15, -0.1) is 6.58 Å². The van der Waals surface area contributed by atoms with Crippen LogP contribution in [-0.4, -0.2) is 21.3 Å². The van der Waals surface area contributed by atoms with Gasteiger partial charge in [0.25, 0.3) is 0 Å². The monoisotopic (exact) mass is 382 g/mol. The Hall–Kier alpha value is -2.20. The van der Waals surface area contributed by atoms with Crippen LogP contribution >= 0.6 is 11.6 Å². The third-order valence-electron chi connectivity index (χ3n) is 3.02. The van der Waals surface area contributed by atoms with E-state index < -0.39 is 11.7 Å². The topological polar surface area (TPSA) is 77.8 Å². The average molecular weight is 383 g/mol. The maximum atomic E-state index is 11.2. The lowest BCUT2D eigenvalue weighted by Gasteiger charge is -2.12. The van der Waals surface area contributed by atoms with E-state index >= 15 is 0 Å². The number of hydrogen-bond acceptors (Lipinski definition) is 3. The Morgan fingerprint density at radius 1 is 1.23 bits per heavy atom. The van der Waals surface area contributed by atoms with Crippen molar-refractivity contribution in [2.75, 3.05) is 0 Å². The third-order valence-corrected chi connectivity index (χ3v) is 3.44. The number of aromatic carboxylic acids is 1. The van der Waals surface area contributed by atoms with Crippen LogP contribution in [0, 0.1) is 0 Å². The molecule has 146 valence electrons. The molecule has 0 atom stereocenters. The zero-order valence-electron chi connectivity index (χ0n) is 16.2. The van der Waals surface area contributed by atoms with Gasteiger partial charge in [0.1, 0.15) is 17.1 Å². The molecule has 0 bridgehead atoms. The first-order valence-corrected chi connectivity index (χ1v) is 9.09. The number of unbranched alkanes of at least 4 members (excludes halogenated alkanes) is 1. The van der Waals surface area contributed by atoms with Crippen molar-refractivity contribution >= 4 is 17.6 Å². The molecule has 0 fully saturated rings. The molecule has 0 aliphatic heterocycles. The maximum Gasteiger partial charge on any atom is 0.339 e. The Morgan fingerprint density at radius 2 is 1.81 bits per heavy atom. The van der Waals surface area contributed by atoms with E-state index in [-0.39, 0.29) is 28.3 Å². The molecule has 0 aliphatic rings. The molecular weight excluding hydrogens is 352 g/mol. The zero-order valence-corrected chi connectivity index (χ0v) is 16.9. The van der Waals surface area contributed by atoms with E-state index in [0.29, 0.717) is 5.57 Å². The highest BCUT2D eigenvalue weighted by Crippen LogP contribution is 2.37. The predicted octanol–water partition coefficient (Wildman–Crippen LogP) is 6.51. The number of carbonyl (C=O) groups is 1. The lowest BCUT2D eigenvalue weighted by Crippen LogP contribution is -2.05. The first-order valence-electron chi connectivity index (χ1n) is 8.71. The summed E-state index contributed by atoms with van der Waals surface area (Å²) in [6.45, 7) is 15.4. The summed E-state index contributed by atoms with van der Waals surface area (Å²) in [5.41, 5.74) is 0.475. The number of rotatable bonds is 7. The van der Waals surface area contributed by atoms with E-state index in [1.165, 1.54) is 6.42 Å². The number of allylic oxidation sites excluding steroid dienone is 4. The second-order valence-electron chi connectivity index (χ2n) is 5.11. The van der Waals surface area contributed by atoms with Gasteiger partial charge in [-0.1, -0.05) is 76.1 Å². The van der Waals surface area contributed by atoms with Gasteiger partial charge in [-0.2, -0.15) is 0 Å². The van der Waals surface area contributed by atoms with Gasteiger partial charge >= 0.3 is 5.97 Å². The predicted molar refractivity (Wildman–Crippen MR) is 110 cm³/mol. The van der Waals surface area contributed by atoms with E-state index in [4.69, 9.17) is 16.7 Å². The molecule has 0 heterocycles. The van der Waals surface area contributed by atoms with Crippen molar-refractivity contribution in [3.63, 3.8) is 0 Å². The Morgan fingerprint density at radius 3 is 2.19 bits per heavy atom. The van der Waals surface area contributed by atoms with Crippen molar-refractivity contribution in [1.82, 2.24) is 0 Å². The lowest BCUT2D eigenvalue weighted by molar-refractivity contribution is 0.0692. The normalized spacial score (nSPS) is 9.58. The van der Waals surface area contributed by atoms with Gasteiger partial charge in [0.05, 0.1) is 5.02 Å². The smallest absolute Gasteiger partial charge is 0.339 e. The van der Waals surface area contributed by atoms with Crippen LogP contribution in [0.2, 0.25) is 5.02 Å². The third kappa shape index (κ3) is 9.33. The minimum atomic E-state index is -1.30. The van der Waals surface area contributed by atoms with Gasteiger partial charge in [-0.05, 0) is 24.8 Å². The summed E-state index contributed by atoms with van der Waals surface area (Å²) in [6, 6.07) is 0.917. The molecule has 0 spiro atoms. The number of halogens is 1. The number of phenols is 2. The first kappa shape index (κ1) is 26.0. The number of hydrogen-bond donors (Lipinski definition) is 3. The van der Waals surface area contributed by atoms with Crippen molar-refractivity contribution in [3.05, 3.63) is 59.2 Å². The van der Waals surface area contributed by atoms with E-state index in [0.717, 1.165) is 18.9 Å². The Labute approximate surface area is 162 Å². The van der Waals surface area contributed by atoms with Gasteiger partial charge in [0.15, 0.2) is 0 Å². The van der Waals surface area contributed by atoms with E-state index in [1.54, 1.807) is 6.08 Å². The molecule has 0 radical (unpaired) electrons. The molecule has 0 amide bonds. The molecule has 0 saturated carbocycles. The highest BCUT2D eigenvalue weighted by Gasteiger charge is 2.21. The molecule has 0 saturated heterocycles. The molecule has 26 heavy (non-hydrogen) atoms. The maximum absolute atomic E-state index is 11.2. The molecule has 0 aromatic heterocycles. The van der Waals surface area contributed by atoms with E-state index in [2.05, 4.69) is 20.1 Å². The van der Waals surface area contributed by atoms with Crippen LogP contribution < -0.4 is 0 Å². The fraction of sp³-hybridized carbons (Fsp3) is 0.381. The lowest BCUT2D eigenvalue weighted by atomic mass is 9.98. The average Bonchev–Trinajstić information content (AvgIpc) is 2.60. The number of benzene rings is 1. The minimum absolute atomic E-state index is 0.0822. The summed E-state index contributed by atoms with van der Waals surface area (Å²) in [6.07, 6.45) is 8.90. The molecule has 1 rings (SSSR count). The molecule has 1 aromatic rings. The second kappa shape index (κ2) is 15.1. The van der Waals surface area contributed by atoms with Gasteiger partial charge < -0.3 is 15.3 Å². The highest BCUT2D eigenvalue weighted by molar-refractivity contribution is 6.33. The molecule has 1 aromatic carbocycles. The Balaban J connectivity index is 0. The number of phenolic OH excluding ortho intramolecular Hbond substituents is 1. The number of carboxylic acid groups (broad SMARTS) is 1. The quantitative estimate of drug-likeness (QED) is 0.371. The van der Waals surface area contributed by atoms with Crippen LogP contribution in [0.4, 0.5) is 0 Å². The van der Waals surface area contributed by atoms with Crippen LogP contribution in [0.15, 0.2) is 43.0 Å². The van der Waals surface area contributed by atoms with Gasteiger partial charge in [0, 0.05) is 6.07 Å². The van der Waals surface area contributed by atoms with E-state index in [1.807, 2.05) is 32.9 Å². The second-order valence-corrected chi connectivity index (χ2v) is 5.49. The van der Waals surface area contributed by atoms with Crippen molar-refractivity contribution in [2.24, 2.45) is 0 Å². The molecule has 4 nitrogen and oxygen atoms in total.